The maximum Gasteiger partial charge on any atom is 0.414 e. The molecule has 3 rings (SSSR count). The van der Waals surface area contributed by atoms with Gasteiger partial charge in [0.05, 0.1) is 11.3 Å². The molecule has 1 spiro atoms. The number of benzene rings is 1. The lowest BCUT2D eigenvalue weighted by atomic mass is 9.74. The van der Waals surface area contributed by atoms with Crippen molar-refractivity contribution in [2.45, 2.75) is 44.6 Å². The molecule has 1 aromatic carbocycles. The number of aromatic carboxylic acids is 1. The van der Waals surface area contributed by atoms with Crippen molar-refractivity contribution in [2.24, 2.45) is 0 Å². The molecule has 2 heterocycles. The SMILES string of the molecule is CC(C)(C)OC(=O)N1CC2(CCNCC2)c2cc(C(=O)O)ccc21. The highest BCUT2D eigenvalue weighted by Gasteiger charge is 2.46. The number of carboxylic acid groups (broad SMARTS) is 1. The number of hydrogen-bond donors (Lipinski definition) is 2. The number of piperidine rings is 1. The molecule has 0 atom stereocenters. The van der Waals surface area contributed by atoms with Crippen molar-refractivity contribution in [3.8, 4) is 0 Å². The average molecular weight is 332 g/mol. The van der Waals surface area contributed by atoms with Crippen molar-refractivity contribution in [1.82, 2.24) is 5.32 Å². The summed E-state index contributed by atoms with van der Waals surface area (Å²) in [5.74, 6) is -0.947. The maximum absolute atomic E-state index is 12.6. The van der Waals surface area contributed by atoms with E-state index in [1.807, 2.05) is 20.8 Å². The van der Waals surface area contributed by atoms with Crippen LogP contribution in [-0.4, -0.2) is 42.4 Å². The Labute approximate surface area is 141 Å². The van der Waals surface area contributed by atoms with E-state index in [1.165, 1.54) is 0 Å². The zero-order chi connectivity index (χ0) is 17.5. The Morgan fingerprint density at radius 1 is 1.25 bits per heavy atom. The minimum absolute atomic E-state index is 0.192. The zero-order valence-corrected chi connectivity index (χ0v) is 14.4. The first kappa shape index (κ1) is 16.8. The Morgan fingerprint density at radius 2 is 1.92 bits per heavy atom. The third-order valence-electron chi connectivity index (χ3n) is 4.74. The summed E-state index contributed by atoms with van der Waals surface area (Å²) in [5, 5.41) is 12.6. The second-order valence-electron chi connectivity index (χ2n) is 7.63. The van der Waals surface area contributed by atoms with Crippen LogP contribution in [0.5, 0.6) is 0 Å². The van der Waals surface area contributed by atoms with Crippen LogP contribution in [0.4, 0.5) is 10.5 Å². The number of anilines is 1. The standard InChI is InChI=1S/C18H24N2O4/c1-17(2,3)24-16(23)20-11-18(6-8-19-9-7-18)13-10-12(15(21)22)4-5-14(13)20/h4-5,10,19H,6-9,11H2,1-3H3,(H,21,22). The summed E-state index contributed by atoms with van der Waals surface area (Å²) in [7, 11) is 0. The lowest BCUT2D eigenvalue weighted by molar-refractivity contribution is 0.0575. The van der Waals surface area contributed by atoms with E-state index < -0.39 is 11.6 Å². The van der Waals surface area contributed by atoms with Gasteiger partial charge in [0, 0.05) is 12.0 Å². The van der Waals surface area contributed by atoms with Gasteiger partial charge in [-0.15, -0.1) is 0 Å². The number of rotatable bonds is 1. The highest BCUT2D eigenvalue weighted by molar-refractivity contribution is 5.94. The quantitative estimate of drug-likeness (QED) is 0.827. The van der Waals surface area contributed by atoms with E-state index in [4.69, 9.17) is 4.74 Å². The van der Waals surface area contributed by atoms with Gasteiger partial charge in [-0.25, -0.2) is 9.59 Å². The van der Waals surface area contributed by atoms with Crippen molar-refractivity contribution >= 4 is 17.7 Å². The van der Waals surface area contributed by atoms with Crippen LogP contribution in [-0.2, 0) is 10.2 Å². The molecule has 1 saturated heterocycles. The molecule has 1 aromatic rings. The number of fused-ring (bicyclic) bond motifs is 2. The molecular formula is C18H24N2O4. The second kappa shape index (κ2) is 5.77. The Balaban J connectivity index is 2.01. The van der Waals surface area contributed by atoms with Crippen molar-refractivity contribution < 1.29 is 19.4 Å². The maximum atomic E-state index is 12.6. The zero-order valence-electron chi connectivity index (χ0n) is 14.4. The Hall–Kier alpha value is -2.08. The molecule has 6 nitrogen and oxygen atoms in total. The Morgan fingerprint density at radius 3 is 2.50 bits per heavy atom. The summed E-state index contributed by atoms with van der Waals surface area (Å²) in [6.07, 6.45) is 1.38. The molecule has 2 aliphatic rings. The average Bonchev–Trinajstić information content (AvgIpc) is 2.80. The van der Waals surface area contributed by atoms with Gasteiger partial charge in [-0.1, -0.05) is 0 Å². The Bertz CT molecular complexity index is 672. The summed E-state index contributed by atoms with van der Waals surface area (Å²) in [5.41, 5.74) is 1.23. The van der Waals surface area contributed by atoms with Gasteiger partial charge in [-0.2, -0.15) is 0 Å². The van der Waals surface area contributed by atoms with Gasteiger partial charge in [-0.3, -0.25) is 4.90 Å². The second-order valence-corrected chi connectivity index (χ2v) is 7.63. The lowest BCUT2D eigenvalue weighted by Gasteiger charge is -2.35. The monoisotopic (exact) mass is 332 g/mol. The highest BCUT2D eigenvalue weighted by Crippen LogP contribution is 2.46. The molecular weight excluding hydrogens is 308 g/mol. The fourth-order valence-electron chi connectivity index (χ4n) is 3.61. The van der Waals surface area contributed by atoms with Gasteiger partial charge in [0.15, 0.2) is 0 Å². The summed E-state index contributed by atoms with van der Waals surface area (Å²) >= 11 is 0. The van der Waals surface area contributed by atoms with Crippen LogP contribution in [0.25, 0.3) is 0 Å². The fraction of sp³-hybridized carbons (Fsp3) is 0.556. The van der Waals surface area contributed by atoms with E-state index in [1.54, 1.807) is 23.1 Å². The van der Waals surface area contributed by atoms with E-state index in [0.717, 1.165) is 37.2 Å². The summed E-state index contributed by atoms with van der Waals surface area (Å²) in [4.78, 5) is 25.7. The molecule has 0 aliphatic carbocycles. The minimum Gasteiger partial charge on any atom is -0.478 e. The van der Waals surface area contributed by atoms with Crippen LogP contribution in [0.2, 0.25) is 0 Å². The van der Waals surface area contributed by atoms with Crippen LogP contribution in [0.1, 0.15) is 49.5 Å². The van der Waals surface area contributed by atoms with Crippen LogP contribution in [0.3, 0.4) is 0 Å². The third kappa shape index (κ3) is 2.98. The van der Waals surface area contributed by atoms with Gasteiger partial charge < -0.3 is 15.2 Å². The smallest absolute Gasteiger partial charge is 0.414 e. The number of nitrogens with zero attached hydrogens (tertiary/aromatic N) is 1. The predicted molar refractivity (Wildman–Crippen MR) is 90.8 cm³/mol. The molecule has 130 valence electrons. The number of carbonyl (C=O) groups excluding carboxylic acids is 1. The minimum atomic E-state index is -0.947. The van der Waals surface area contributed by atoms with E-state index in [-0.39, 0.29) is 17.1 Å². The number of carboxylic acids is 1. The molecule has 1 amide bonds. The van der Waals surface area contributed by atoms with Crippen molar-refractivity contribution in [3.63, 3.8) is 0 Å². The lowest BCUT2D eigenvalue weighted by Crippen LogP contribution is -2.45. The van der Waals surface area contributed by atoms with E-state index >= 15 is 0 Å². The normalized spacial score (nSPS) is 19.2. The first-order chi connectivity index (χ1) is 11.2. The van der Waals surface area contributed by atoms with Crippen molar-refractivity contribution in [1.29, 1.82) is 0 Å². The molecule has 6 heteroatoms. The fourth-order valence-corrected chi connectivity index (χ4v) is 3.61. The molecule has 0 bridgehead atoms. The summed E-state index contributed by atoms with van der Waals surface area (Å²) in [6.45, 7) is 7.79. The number of ether oxygens (including phenoxy) is 1. The van der Waals surface area contributed by atoms with Gasteiger partial charge in [-0.05, 0) is 70.5 Å². The first-order valence-corrected chi connectivity index (χ1v) is 8.31. The molecule has 2 N–H and O–H groups in total. The molecule has 0 unspecified atom stereocenters. The topological polar surface area (TPSA) is 78.9 Å². The van der Waals surface area contributed by atoms with Crippen LogP contribution in [0, 0.1) is 0 Å². The molecule has 0 aromatic heterocycles. The number of amides is 1. The molecule has 24 heavy (non-hydrogen) atoms. The summed E-state index contributed by atoms with van der Waals surface area (Å²) < 4.78 is 5.55. The van der Waals surface area contributed by atoms with Gasteiger partial charge in [0.25, 0.3) is 0 Å². The largest absolute Gasteiger partial charge is 0.478 e. The molecule has 0 saturated carbocycles. The number of carbonyl (C=O) groups is 2. The van der Waals surface area contributed by atoms with Crippen molar-refractivity contribution in [2.75, 3.05) is 24.5 Å². The first-order valence-electron chi connectivity index (χ1n) is 8.31. The highest BCUT2D eigenvalue weighted by atomic mass is 16.6. The van der Waals surface area contributed by atoms with Crippen LogP contribution in [0.15, 0.2) is 18.2 Å². The van der Waals surface area contributed by atoms with E-state index in [9.17, 15) is 14.7 Å². The predicted octanol–water partition coefficient (Wildman–Crippen LogP) is 2.76. The summed E-state index contributed by atoms with van der Waals surface area (Å²) in [6, 6.07) is 5.02. The van der Waals surface area contributed by atoms with Crippen molar-refractivity contribution in [3.05, 3.63) is 29.3 Å². The van der Waals surface area contributed by atoms with Gasteiger partial charge >= 0.3 is 12.1 Å². The molecule has 0 radical (unpaired) electrons. The van der Waals surface area contributed by atoms with Gasteiger partial charge in [0.1, 0.15) is 5.60 Å². The molecule has 2 aliphatic heterocycles. The number of hydrogen-bond acceptors (Lipinski definition) is 4. The number of nitrogens with one attached hydrogen (secondary N) is 1. The Kier molecular flexibility index (Phi) is 4.03. The van der Waals surface area contributed by atoms with Crippen LogP contribution < -0.4 is 10.2 Å². The van der Waals surface area contributed by atoms with E-state index in [0.29, 0.717) is 6.54 Å². The van der Waals surface area contributed by atoms with Crippen LogP contribution >= 0.6 is 0 Å². The van der Waals surface area contributed by atoms with Gasteiger partial charge in [0.2, 0.25) is 0 Å². The molecule has 1 fully saturated rings. The van der Waals surface area contributed by atoms with E-state index in [2.05, 4.69) is 5.32 Å². The third-order valence-corrected chi connectivity index (χ3v) is 4.74.